The van der Waals surface area contributed by atoms with Crippen LogP contribution in [0.5, 0.6) is 0 Å². The maximum Gasteiger partial charge on any atom is 0.349 e. The van der Waals surface area contributed by atoms with Crippen LogP contribution in [0.25, 0.3) is 0 Å². The molecule has 8 nitrogen and oxygen atoms in total. The predicted molar refractivity (Wildman–Crippen MR) is 128 cm³/mol. The van der Waals surface area contributed by atoms with Gasteiger partial charge < -0.3 is 19.9 Å². The Kier molecular flexibility index (Phi) is 7.99. The van der Waals surface area contributed by atoms with E-state index in [9.17, 15) is 24.3 Å². The first-order valence-electron chi connectivity index (χ1n) is 10.8. The van der Waals surface area contributed by atoms with E-state index >= 15 is 0 Å². The van der Waals surface area contributed by atoms with Gasteiger partial charge in [-0.2, -0.15) is 0 Å². The number of esters is 2. The summed E-state index contributed by atoms with van der Waals surface area (Å²) in [6, 6.07) is 19.5. The molecule has 0 spiro atoms. The molecule has 3 aromatic carbocycles. The van der Waals surface area contributed by atoms with Crippen LogP contribution >= 0.6 is 0 Å². The van der Waals surface area contributed by atoms with Crippen molar-refractivity contribution in [3.63, 3.8) is 0 Å². The Morgan fingerprint density at radius 2 is 1.23 bits per heavy atom. The molecule has 0 unspecified atom stereocenters. The molecule has 0 fully saturated rings. The third kappa shape index (κ3) is 6.54. The second kappa shape index (κ2) is 11.1. The smallest absolute Gasteiger partial charge is 0.349 e. The highest BCUT2D eigenvalue weighted by molar-refractivity contribution is 6.01. The van der Waals surface area contributed by atoms with Crippen molar-refractivity contribution < 1.29 is 33.8 Å². The number of carbonyl (C=O) groups is 4. The molecule has 3 aromatic rings. The van der Waals surface area contributed by atoms with Crippen LogP contribution in [0.1, 0.15) is 37.4 Å². The number of carboxylic acid groups (broad SMARTS) is 1. The summed E-state index contributed by atoms with van der Waals surface area (Å²) in [5, 5.41) is 12.4. The maximum atomic E-state index is 13.2. The first-order valence-corrected chi connectivity index (χ1v) is 10.8. The van der Waals surface area contributed by atoms with Crippen LogP contribution in [-0.4, -0.2) is 41.1 Å². The molecule has 2 atom stereocenters. The van der Waals surface area contributed by atoms with E-state index in [4.69, 9.17) is 9.47 Å². The number of hydrogen-bond donors (Lipinski definition) is 2. The van der Waals surface area contributed by atoms with Gasteiger partial charge in [-0.15, -0.1) is 0 Å². The number of rotatable bonds is 8. The quantitative estimate of drug-likeness (QED) is 0.471. The third-order valence-corrected chi connectivity index (χ3v) is 5.16. The van der Waals surface area contributed by atoms with Crippen LogP contribution in [0, 0.1) is 20.8 Å². The van der Waals surface area contributed by atoms with Gasteiger partial charge in [0.1, 0.15) is 0 Å². The molecule has 0 aliphatic heterocycles. The summed E-state index contributed by atoms with van der Waals surface area (Å²) in [4.78, 5) is 50.8. The fraction of sp³-hybridized carbons (Fsp3) is 0.185. The number of hydrogen-bond acceptors (Lipinski definition) is 6. The van der Waals surface area contributed by atoms with E-state index in [0.717, 1.165) is 11.1 Å². The minimum Gasteiger partial charge on any atom is -0.478 e. The zero-order valence-corrected chi connectivity index (χ0v) is 19.5. The molecule has 0 heterocycles. The lowest BCUT2D eigenvalue weighted by Gasteiger charge is -2.24. The minimum absolute atomic E-state index is 0.0966. The van der Waals surface area contributed by atoms with Crippen molar-refractivity contribution in [1.29, 1.82) is 0 Å². The van der Waals surface area contributed by atoms with Gasteiger partial charge in [0.2, 0.25) is 12.2 Å². The van der Waals surface area contributed by atoms with Crippen LogP contribution in [0.3, 0.4) is 0 Å². The summed E-state index contributed by atoms with van der Waals surface area (Å²) < 4.78 is 10.5. The Morgan fingerprint density at radius 3 is 1.71 bits per heavy atom. The van der Waals surface area contributed by atoms with Crippen molar-refractivity contribution in [2.45, 2.75) is 33.0 Å². The Hall–Kier alpha value is -4.46. The molecule has 2 N–H and O–H groups in total. The molecule has 35 heavy (non-hydrogen) atoms. The van der Waals surface area contributed by atoms with E-state index in [1.807, 2.05) is 0 Å². The summed E-state index contributed by atoms with van der Waals surface area (Å²) >= 11 is 0. The van der Waals surface area contributed by atoms with Crippen molar-refractivity contribution in [2.24, 2.45) is 0 Å². The lowest BCUT2D eigenvalue weighted by atomic mass is 10.1. The second-order valence-electron chi connectivity index (χ2n) is 8.03. The van der Waals surface area contributed by atoms with E-state index in [-0.39, 0.29) is 11.1 Å². The molecular formula is C27H25NO7. The molecule has 0 bridgehead atoms. The number of carbonyl (C=O) groups excluding carboxylic acids is 3. The zero-order valence-electron chi connectivity index (χ0n) is 19.5. The molecule has 180 valence electrons. The van der Waals surface area contributed by atoms with E-state index in [1.54, 1.807) is 69.3 Å². The molecule has 0 aromatic heterocycles. The van der Waals surface area contributed by atoms with Gasteiger partial charge in [-0.1, -0.05) is 53.6 Å². The second-order valence-corrected chi connectivity index (χ2v) is 8.03. The van der Waals surface area contributed by atoms with Crippen molar-refractivity contribution in [2.75, 3.05) is 5.32 Å². The van der Waals surface area contributed by atoms with Gasteiger partial charge in [-0.05, 0) is 56.7 Å². The predicted octanol–water partition coefficient (Wildman–Crippen LogP) is 4.09. The highest BCUT2D eigenvalue weighted by Gasteiger charge is 2.41. The van der Waals surface area contributed by atoms with E-state index in [2.05, 4.69) is 5.32 Å². The van der Waals surface area contributed by atoms with Gasteiger partial charge in [-0.25, -0.2) is 14.4 Å². The van der Waals surface area contributed by atoms with Crippen LogP contribution in [0.4, 0.5) is 5.69 Å². The average molecular weight is 475 g/mol. The lowest BCUT2D eigenvalue weighted by molar-refractivity contribution is -0.157. The SMILES string of the molecule is Cc1cccc(C(=O)O[C@H](C(=O)O)[C@@H](OC(=O)c2cccc(C)c2)C(=O)Nc2ccccc2C)c1. The molecule has 8 heteroatoms. The van der Waals surface area contributed by atoms with Gasteiger partial charge in [0, 0.05) is 5.69 Å². The highest BCUT2D eigenvalue weighted by atomic mass is 16.6. The molecular weight excluding hydrogens is 450 g/mol. The van der Waals surface area contributed by atoms with Crippen LogP contribution in [0.15, 0.2) is 72.8 Å². The molecule has 1 amide bonds. The largest absolute Gasteiger partial charge is 0.478 e. The summed E-state index contributed by atoms with van der Waals surface area (Å²) in [6.07, 6.45) is -4.06. The Balaban J connectivity index is 1.93. The van der Waals surface area contributed by atoms with Crippen LogP contribution < -0.4 is 5.32 Å². The van der Waals surface area contributed by atoms with Crippen molar-refractivity contribution in [3.05, 3.63) is 101 Å². The van der Waals surface area contributed by atoms with Gasteiger partial charge in [0.05, 0.1) is 11.1 Å². The van der Waals surface area contributed by atoms with Gasteiger partial charge in [0.25, 0.3) is 5.91 Å². The van der Waals surface area contributed by atoms with E-state index in [0.29, 0.717) is 11.3 Å². The Morgan fingerprint density at radius 1 is 0.714 bits per heavy atom. The van der Waals surface area contributed by atoms with Gasteiger partial charge in [-0.3, -0.25) is 4.79 Å². The number of benzene rings is 3. The number of ether oxygens (including phenoxy) is 2. The monoisotopic (exact) mass is 475 g/mol. The molecule has 0 aliphatic rings. The Labute approximate surface area is 202 Å². The van der Waals surface area contributed by atoms with Crippen LogP contribution in [0.2, 0.25) is 0 Å². The third-order valence-electron chi connectivity index (χ3n) is 5.16. The van der Waals surface area contributed by atoms with Crippen LogP contribution in [-0.2, 0) is 19.1 Å². The summed E-state index contributed by atoms with van der Waals surface area (Å²) in [6.45, 7) is 5.27. The molecule has 0 saturated carbocycles. The number of aryl methyl sites for hydroxylation is 3. The first kappa shape index (κ1) is 25.2. The van der Waals surface area contributed by atoms with Crippen molar-refractivity contribution in [3.8, 4) is 0 Å². The van der Waals surface area contributed by atoms with E-state index in [1.165, 1.54) is 24.3 Å². The maximum absolute atomic E-state index is 13.2. The van der Waals surface area contributed by atoms with Gasteiger partial charge >= 0.3 is 17.9 Å². The zero-order chi connectivity index (χ0) is 25.5. The number of aliphatic carboxylic acids is 1. The van der Waals surface area contributed by atoms with Gasteiger partial charge in [0.15, 0.2) is 0 Å². The standard InChI is InChI=1S/C27H25NO7/c1-16-8-6-11-19(14-16)26(32)34-22(24(29)28-21-13-5-4-10-18(21)3)23(25(30)31)35-27(33)20-12-7-9-17(2)15-20/h4-15,22-23H,1-3H3,(H,28,29)(H,30,31)/t22-,23+/m1/s1. The number of para-hydroxylation sites is 1. The highest BCUT2D eigenvalue weighted by Crippen LogP contribution is 2.18. The summed E-state index contributed by atoms with van der Waals surface area (Å²) in [5.41, 5.74) is 2.83. The number of amides is 1. The number of nitrogens with one attached hydrogen (secondary N) is 1. The summed E-state index contributed by atoms with van der Waals surface area (Å²) in [7, 11) is 0. The first-order chi connectivity index (χ1) is 16.7. The Bertz CT molecular complexity index is 1270. The number of carboxylic acids is 1. The fourth-order valence-corrected chi connectivity index (χ4v) is 3.32. The topological polar surface area (TPSA) is 119 Å². The van der Waals surface area contributed by atoms with E-state index < -0.39 is 36.0 Å². The average Bonchev–Trinajstić information content (AvgIpc) is 2.82. The molecule has 3 rings (SSSR count). The lowest BCUT2D eigenvalue weighted by Crippen LogP contribution is -2.48. The minimum atomic E-state index is -2.10. The normalized spacial score (nSPS) is 12.2. The van der Waals surface area contributed by atoms with Crippen molar-refractivity contribution >= 4 is 29.5 Å². The summed E-state index contributed by atoms with van der Waals surface area (Å²) in [5.74, 6) is -4.50. The number of anilines is 1. The van der Waals surface area contributed by atoms with Crippen molar-refractivity contribution in [1.82, 2.24) is 0 Å². The molecule has 0 aliphatic carbocycles. The molecule has 0 radical (unpaired) electrons. The fourth-order valence-electron chi connectivity index (χ4n) is 3.32. The molecule has 0 saturated heterocycles.